The average molecular weight is 167 g/mol. The van der Waals surface area contributed by atoms with E-state index in [4.69, 9.17) is 5.21 Å². The van der Waals surface area contributed by atoms with Gasteiger partial charge in [0.1, 0.15) is 0 Å². The second-order valence-electron chi connectivity index (χ2n) is 5.17. The van der Waals surface area contributed by atoms with Gasteiger partial charge >= 0.3 is 0 Å². The second kappa shape index (κ2) is 2.04. The van der Waals surface area contributed by atoms with Crippen LogP contribution in [-0.4, -0.2) is 10.9 Å². The van der Waals surface area contributed by atoms with E-state index < -0.39 is 0 Å². The van der Waals surface area contributed by atoms with Gasteiger partial charge in [0.05, 0.1) is 5.71 Å². The monoisotopic (exact) mass is 167 g/mol. The summed E-state index contributed by atoms with van der Waals surface area (Å²) < 4.78 is 0. The van der Waals surface area contributed by atoms with E-state index >= 15 is 0 Å². The quantitative estimate of drug-likeness (QED) is 0.436. The number of hydrogen-bond acceptors (Lipinski definition) is 2. The minimum absolute atomic E-state index is 0.141. The molecule has 0 saturated heterocycles. The number of hydrogen-bond donors (Lipinski definition) is 1. The van der Waals surface area contributed by atoms with E-state index in [0.29, 0.717) is 0 Å². The summed E-state index contributed by atoms with van der Waals surface area (Å²) in [4.78, 5) is 0. The van der Waals surface area contributed by atoms with Crippen LogP contribution in [0.15, 0.2) is 5.16 Å². The molecule has 0 aromatic carbocycles. The highest BCUT2D eigenvalue weighted by atomic mass is 16.4. The van der Waals surface area contributed by atoms with Crippen LogP contribution in [0.4, 0.5) is 0 Å². The van der Waals surface area contributed by atoms with Crippen molar-refractivity contribution in [2.24, 2.45) is 21.9 Å². The Hall–Kier alpha value is -0.530. The van der Waals surface area contributed by atoms with E-state index in [-0.39, 0.29) is 10.8 Å². The lowest BCUT2D eigenvalue weighted by Gasteiger charge is -2.33. The van der Waals surface area contributed by atoms with Crippen LogP contribution in [-0.2, 0) is 0 Å². The van der Waals surface area contributed by atoms with Crippen LogP contribution in [0.3, 0.4) is 0 Å². The van der Waals surface area contributed by atoms with Gasteiger partial charge in [0.2, 0.25) is 0 Å². The van der Waals surface area contributed by atoms with Gasteiger partial charge in [-0.3, -0.25) is 0 Å². The zero-order valence-corrected chi connectivity index (χ0v) is 8.09. The van der Waals surface area contributed by atoms with E-state index in [1.165, 1.54) is 19.3 Å². The molecule has 0 spiro atoms. The molecule has 2 fully saturated rings. The van der Waals surface area contributed by atoms with E-state index in [1.54, 1.807) is 0 Å². The lowest BCUT2D eigenvalue weighted by atomic mass is 9.71. The summed E-state index contributed by atoms with van der Waals surface area (Å²) in [5.74, 6) is 0.744. The molecule has 2 aliphatic carbocycles. The maximum atomic E-state index is 8.98. The van der Waals surface area contributed by atoms with Crippen molar-refractivity contribution in [1.82, 2.24) is 0 Å². The highest BCUT2D eigenvalue weighted by Crippen LogP contribution is 2.60. The van der Waals surface area contributed by atoms with Gasteiger partial charge in [0.15, 0.2) is 0 Å². The fourth-order valence-corrected chi connectivity index (χ4v) is 3.29. The van der Waals surface area contributed by atoms with Crippen molar-refractivity contribution >= 4 is 5.71 Å². The van der Waals surface area contributed by atoms with Crippen LogP contribution in [0.2, 0.25) is 0 Å². The van der Waals surface area contributed by atoms with Crippen LogP contribution in [0.25, 0.3) is 0 Å². The first-order valence-corrected chi connectivity index (χ1v) is 4.74. The highest BCUT2D eigenvalue weighted by Gasteiger charge is 2.57. The molecule has 0 radical (unpaired) electrons. The van der Waals surface area contributed by atoms with Gasteiger partial charge in [-0.15, -0.1) is 0 Å². The standard InChI is InChI=1S/C10H17NO/c1-9(2)7-4-5-10(3,6-7)8(9)11-12/h7,12H,4-6H2,1-3H3/b11-8-/t7-,10+/m0/s1. The zero-order chi connectivity index (χ0) is 8.98. The summed E-state index contributed by atoms with van der Waals surface area (Å²) in [5.41, 5.74) is 1.39. The summed E-state index contributed by atoms with van der Waals surface area (Å²) in [6.07, 6.45) is 3.74. The van der Waals surface area contributed by atoms with Gasteiger partial charge in [-0.25, -0.2) is 0 Å². The van der Waals surface area contributed by atoms with Crippen molar-refractivity contribution in [2.75, 3.05) is 0 Å². The summed E-state index contributed by atoms with van der Waals surface area (Å²) in [7, 11) is 0. The maximum Gasteiger partial charge on any atom is 0.0688 e. The smallest absolute Gasteiger partial charge is 0.0688 e. The van der Waals surface area contributed by atoms with Crippen molar-refractivity contribution in [2.45, 2.75) is 40.0 Å². The van der Waals surface area contributed by atoms with Crippen molar-refractivity contribution < 1.29 is 5.21 Å². The Labute approximate surface area is 73.7 Å². The molecule has 2 heteroatoms. The molecule has 0 amide bonds. The molecule has 12 heavy (non-hydrogen) atoms. The van der Waals surface area contributed by atoms with Crippen molar-refractivity contribution in [3.8, 4) is 0 Å². The summed E-state index contributed by atoms with van der Waals surface area (Å²) in [6.45, 7) is 6.64. The van der Waals surface area contributed by atoms with Gasteiger partial charge in [0, 0.05) is 10.8 Å². The van der Waals surface area contributed by atoms with Gasteiger partial charge in [-0.05, 0) is 25.2 Å². The Balaban J connectivity index is 2.45. The molecule has 68 valence electrons. The lowest BCUT2D eigenvalue weighted by molar-refractivity contribution is 0.279. The number of oxime groups is 1. The van der Waals surface area contributed by atoms with E-state index in [2.05, 4.69) is 25.9 Å². The maximum absolute atomic E-state index is 8.98. The number of nitrogens with zero attached hydrogens (tertiary/aromatic N) is 1. The third kappa shape index (κ3) is 0.732. The van der Waals surface area contributed by atoms with Crippen molar-refractivity contribution in [3.05, 3.63) is 0 Å². The van der Waals surface area contributed by atoms with Crippen LogP contribution < -0.4 is 0 Å². The molecule has 0 aromatic rings. The van der Waals surface area contributed by atoms with Crippen LogP contribution in [0.5, 0.6) is 0 Å². The Bertz CT molecular complexity index is 237. The minimum atomic E-state index is 0.141. The third-order valence-electron chi connectivity index (χ3n) is 4.04. The Morgan fingerprint density at radius 2 is 2.08 bits per heavy atom. The molecular weight excluding hydrogens is 150 g/mol. The Morgan fingerprint density at radius 1 is 1.42 bits per heavy atom. The lowest BCUT2D eigenvalue weighted by Crippen LogP contribution is -2.35. The largest absolute Gasteiger partial charge is 0.411 e. The highest BCUT2D eigenvalue weighted by molar-refractivity contribution is 5.97. The van der Waals surface area contributed by atoms with Gasteiger partial charge in [-0.2, -0.15) is 0 Å². The Morgan fingerprint density at radius 3 is 2.42 bits per heavy atom. The second-order valence-corrected chi connectivity index (χ2v) is 5.17. The molecule has 0 aromatic heterocycles. The minimum Gasteiger partial charge on any atom is -0.411 e. The molecule has 1 N–H and O–H groups in total. The SMILES string of the molecule is CC1(C)/C(=N/O)[C@]2(C)CC[C@H]1C2. The normalized spacial score (nSPS) is 47.2. The van der Waals surface area contributed by atoms with Crippen LogP contribution in [0.1, 0.15) is 40.0 Å². The Kier molecular flexibility index (Phi) is 1.37. The van der Waals surface area contributed by atoms with E-state index in [1.807, 2.05) is 0 Å². The van der Waals surface area contributed by atoms with E-state index in [9.17, 15) is 0 Å². The van der Waals surface area contributed by atoms with Crippen molar-refractivity contribution in [1.29, 1.82) is 0 Å². The zero-order valence-electron chi connectivity index (χ0n) is 8.09. The summed E-state index contributed by atoms with van der Waals surface area (Å²) >= 11 is 0. The first kappa shape index (κ1) is 8.09. The van der Waals surface area contributed by atoms with Gasteiger partial charge in [-0.1, -0.05) is 25.9 Å². The number of rotatable bonds is 0. The van der Waals surface area contributed by atoms with Crippen LogP contribution in [0, 0.1) is 16.7 Å². The molecular formula is C10H17NO. The van der Waals surface area contributed by atoms with Gasteiger partial charge in [0.25, 0.3) is 0 Å². The summed E-state index contributed by atoms with van der Waals surface area (Å²) in [6, 6.07) is 0. The molecule has 2 aliphatic rings. The topological polar surface area (TPSA) is 32.6 Å². The molecule has 0 unspecified atom stereocenters. The first-order valence-electron chi connectivity index (χ1n) is 4.74. The number of fused-ring (bicyclic) bond motifs is 2. The fraction of sp³-hybridized carbons (Fsp3) is 0.900. The molecule has 2 saturated carbocycles. The molecule has 2 nitrogen and oxygen atoms in total. The first-order chi connectivity index (χ1) is 5.50. The molecule has 0 aliphatic heterocycles. The van der Waals surface area contributed by atoms with Crippen molar-refractivity contribution in [3.63, 3.8) is 0 Å². The van der Waals surface area contributed by atoms with Gasteiger partial charge < -0.3 is 5.21 Å². The molecule has 2 atom stereocenters. The third-order valence-corrected chi connectivity index (χ3v) is 4.04. The molecule has 2 rings (SSSR count). The van der Waals surface area contributed by atoms with Crippen LogP contribution >= 0.6 is 0 Å². The van der Waals surface area contributed by atoms with E-state index in [0.717, 1.165) is 11.6 Å². The average Bonchev–Trinajstić information content (AvgIpc) is 2.39. The predicted molar refractivity (Wildman–Crippen MR) is 48.5 cm³/mol. The predicted octanol–water partition coefficient (Wildman–Crippen LogP) is 2.66. The molecule has 2 bridgehead atoms. The fourth-order valence-electron chi connectivity index (χ4n) is 3.29. The summed E-state index contributed by atoms with van der Waals surface area (Å²) in [5, 5.41) is 12.5. The molecule has 0 heterocycles.